The van der Waals surface area contributed by atoms with Crippen molar-refractivity contribution in [1.82, 2.24) is 4.57 Å². The van der Waals surface area contributed by atoms with Crippen LogP contribution in [-0.4, -0.2) is 12.6 Å². The zero-order valence-electron chi connectivity index (χ0n) is 27.0. The van der Waals surface area contributed by atoms with Gasteiger partial charge in [0.25, 0.3) is 0 Å². The summed E-state index contributed by atoms with van der Waals surface area (Å²) in [7, 11) is -3.05. The van der Waals surface area contributed by atoms with Crippen molar-refractivity contribution in [3.8, 4) is 35.0 Å². The van der Waals surface area contributed by atoms with Gasteiger partial charge in [0.15, 0.2) is 8.07 Å². The number of para-hydroxylation sites is 1. The molecule has 0 fully saturated rings. The van der Waals surface area contributed by atoms with Crippen molar-refractivity contribution in [2.75, 3.05) is 0 Å². The van der Waals surface area contributed by atoms with Crippen LogP contribution >= 0.6 is 0 Å². The molecule has 0 amide bonds. The van der Waals surface area contributed by atoms with Crippen LogP contribution in [0.2, 0.25) is 0 Å². The molecule has 0 N–H and O–H groups in total. The van der Waals surface area contributed by atoms with Gasteiger partial charge in [-0.2, -0.15) is 15.8 Å². The minimum atomic E-state index is -3.05. The summed E-state index contributed by atoms with van der Waals surface area (Å²) in [5.74, 6) is 0. The van der Waals surface area contributed by atoms with Gasteiger partial charge in [0.1, 0.15) is 0 Å². The van der Waals surface area contributed by atoms with E-state index >= 15 is 0 Å². The van der Waals surface area contributed by atoms with Crippen molar-refractivity contribution in [1.29, 1.82) is 15.8 Å². The van der Waals surface area contributed by atoms with Crippen molar-refractivity contribution >= 4 is 50.6 Å². The molecular weight excluding hydrogens is 625 g/mol. The molecule has 0 saturated carbocycles. The minimum Gasteiger partial charge on any atom is -0.309 e. The lowest BCUT2D eigenvalue weighted by Crippen LogP contribution is -2.75. The van der Waals surface area contributed by atoms with E-state index < -0.39 is 8.07 Å². The maximum atomic E-state index is 10.9. The summed E-state index contributed by atoms with van der Waals surface area (Å²) in [6.45, 7) is 0. The van der Waals surface area contributed by atoms with Crippen molar-refractivity contribution < 1.29 is 0 Å². The zero-order chi connectivity index (χ0) is 34.1. The quantitative estimate of drug-likeness (QED) is 0.138. The summed E-state index contributed by atoms with van der Waals surface area (Å²) in [5.41, 5.74) is 6.24. The maximum Gasteiger partial charge on any atom is 0.180 e. The average Bonchev–Trinajstić information content (AvgIpc) is 3.52. The highest BCUT2D eigenvalue weighted by Crippen LogP contribution is 2.38. The van der Waals surface area contributed by atoms with Crippen LogP contribution in [0.3, 0.4) is 0 Å². The maximum absolute atomic E-state index is 10.9. The van der Waals surface area contributed by atoms with Crippen molar-refractivity contribution in [2.45, 2.75) is 0 Å². The standard InChI is InChI=1S/C45H28N4Si/c46-29-32-23-25-42-39(27-32)40-28-33(30-47)24-26-43(40)49(42)41-21-11-10-20-38(41)45-34(31-48)13-12-22-44(45)50(35-14-4-1-5-15-35,36-16-6-2-7-17-36)37-18-8-3-9-19-37/h1-28H. The smallest absolute Gasteiger partial charge is 0.180 e. The molecule has 7 aromatic carbocycles. The van der Waals surface area contributed by atoms with E-state index in [0.717, 1.165) is 43.8 Å². The molecule has 4 nitrogen and oxygen atoms in total. The number of fused-ring (bicyclic) bond motifs is 3. The highest BCUT2D eigenvalue weighted by molar-refractivity contribution is 7.20. The normalized spacial score (nSPS) is 11.1. The third kappa shape index (κ3) is 4.72. The van der Waals surface area contributed by atoms with Crippen LogP contribution in [0.5, 0.6) is 0 Å². The molecule has 0 radical (unpaired) electrons. The minimum absolute atomic E-state index is 0.550. The highest BCUT2D eigenvalue weighted by Gasteiger charge is 2.43. The van der Waals surface area contributed by atoms with Crippen molar-refractivity contribution in [2.24, 2.45) is 0 Å². The third-order valence-corrected chi connectivity index (χ3v) is 14.5. The number of nitrogens with zero attached hydrogens (tertiary/aromatic N) is 4. The van der Waals surface area contributed by atoms with Gasteiger partial charge in [-0.1, -0.05) is 121 Å². The van der Waals surface area contributed by atoms with E-state index in [1.54, 1.807) is 0 Å². The van der Waals surface area contributed by atoms with E-state index in [1.807, 2.05) is 60.7 Å². The lowest BCUT2D eigenvalue weighted by Gasteiger charge is -2.36. The van der Waals surface area contributed by atoms with E-state index in [4.69, 9.17) is 0 Å². The van der Waals surface area contributed by atoms with E-state index in [2.05, 4.69) is 132 Å². The second-order valence-corrected chi connectivity index (χ2v) is 16.0. The fourth-order valence-corrected chi connectivity index (χ4v) is 12.6. The molecule has 0 aliphatic heterocycles. The van der Waals surface area contributed by atoms with Gasteiger partial charge in [0, 0.05) is 21.9 Å². The summed E-state index contributed by atoms with van der Waals surface area (Å²) in [4.78, 5) is 0. The number of rotatable bonds is 6. The fourth-order valence-electron chi connectivity index (χ4n) is 7.58. The van der Waals surface area contributed by atoms with Crippen LogP contribution in [0, 0.1) is 34.0 Å². The molecule has 0 bridgehead atoms. The molecule has 8 rings (SSSR count). The number of benzene rings is 7. The molecule has 8 aromatic rings. The van der Waals surface area contributed by atoms with Gasteiger partial charge in [-0.15, -0.1) is 0 Å². The molecule has 0 saturated heterocycles. The zero-order valence-corrected chi connectivity index (χ0v) is 28.0. The first-order chi connectivity index (χ1) is 24.7. The molecule has 0 aliphatic carbocycles. The lowest BCUT2D eigenvalue weighted by molar-refractivity contribution is 1.18. The van der Waals surface area contributed by atoms with Gasteiger partial charge in [-0.25, -0.2) is 0 Å². The van der Waals surface area contributed by atoms with Gasteiger partial charge in [0.2, 0.25) is 0 Å². The van der Waals surface area contributed by atoms with Crippen LogP contribution in [0.15, 0.2) is 170 Å². The molecule has 0 unspecified atom stereocenters. The van der Waals surface area contributed by atoms with Gasteiger partial charge >= 0.3 is 0 Å². The summed E-state index contributed by atoms with van der Waals surface area (Å²) in [5, 5.41) is 37.0. The highest BCUT2D eigenvalue weighted by atomic mass is 28.3. The van der Waals surface area contributed by atoms with E-state index in [0.29, 0.717) is 16.7 Å². The molecule has 0 spiro atoms. The Kier molecular flexibility index (Phi) is 7.63. The van der Waals surface area contributed by atoms with Crippen molar-refractivity contribution in [3.63, 3.8) is 0 Å². The number of hydrogen-bond donors (Lipinski definition) is 0. The molecular formula is C45H28N4Si. The first-order valence-electron chi connectivity index (χ1n) is 16.4. The average molecular weight is 653 g/mol. The Morgan fingerprint density at radius 1 is 0.440 bits per heavy atom. The van der Waals surface area contributed by atoms with Crippen LogP contribution in [0.4, 0.5) is 0 Å². The monoisotopic (exact) mass is 652 g/mol. The third-order valence-electron chi connectivity index (χ3n) is 9.65. The van der Waals surface area contributed by atoms with Crippen LogP contribution in [-0.2, 0) is 0 Å². The fraction of sp³-hybridized carbons (Fsp3) is 0. The Morgan fingerprint density at radius 2 is 0.920 bits per heavy atom. The summed E-state index contributed by atoms with van der Waals surface area (Å²) in [6.07, 6.45) is 0. The number of nitriles is 3. The Hall–Kier alpha value is -6.97. The molecule has 0 atom stereocenters. The summed E-state index contributed by atoms with van der Waals surface area (Å²) in [6, 6.07) is 65.1. The van der Waals surface area contributed by atoms with Crippen LogP contribution in [0.25, 0.3) is 38.6 Å². The molecule has 5 heteroatoms. The summed E-state index contributed by atoms with van der Waals surface area (Å²) >= 11 is 0. The summed E-state index contributed by atoms with van der Waals surface area (Å²) < 4.78 is 2.21. The van der Waals surface area contributed by atoms with E-state index in [1.165, 1.54) is 15.6 Å². The topological polar surface area (TPSA) is 76.3 Å². The Morgan fingerprint density at radius 3 is 1.40 bits per heavy atom. The molecule has 232 valence electrons. The van der Waals surface area contributed by atoms with Crippen LogP contribution in [0.1, 0.15) is 16.7 Å². The van der Waals surface area contributed by atoms with E-state index in [9.17, 15) is 15.8 Å². The first kappa shape index (κ1) is 30.4. The van der Waals surface area contributed by atoms with Gasteiger partial charge in [-0.3, -0.25) is 0 Å². The van der Waals surface area contributed by atoms with E-state index in [-0.39, 0.29) is 0 Å². The number of hydrogen-bond acceptors (Lipinski definition) is 3. The predicted molar refractivity (Wildman–Crippen MR) is 204 cm³/mol. The lowest BCUT2D eigenvalue weighted by atomic mass is 9.98. The van der Waals surface area contributed by atoms with Crippen LogP contribution < -0.4 is 20.7 Å². The van der Waals surface area contributed by atoms with Gasteiger partial charge < -0.3 is 4.57 Å². The van der Waals surface area contributed by atoms with Crippen molar-refractivity contribution in [3.05, 3.63) is 187 Å². The van der Waals surface area contributed by atoms with Gasteiger partial charge in [0.05, 0.1) is 51.6 Å². The molecule has 50 heavy (non-hydrogen) atoms. The SMILES string of the molecule is N#Cc1ccc2c(c1)c1cc(C#N)ccc1n2-c1ccccc1-c1c(C#N)cccc1[Si](c1ccccc1)(c1ccccc1)c1ccccc1. The number of aromatic nitrogens is 1. The Bertz CT molecular complexity index is 2510. The largest absolute Gasteiger partial charge is 0.309 e. The molecule has 1 heterocycles. The predicted octanol–water partition coefficient (Wildman–Crippen LogP) is 7.44. The Labute approximate surface area is 291 Å². The second-order valence-electron chi connectivity index (χ2n) is 12.2. The molecule has 0 aliphatic rings. The molecule has 1 aromatic heterocycles. The second kappa shape index (κ2) is 12.6. The first-order valence-corrected chi connectivity index (χ1v) is 18.4. The Balaban J connectivity index is 1.53. The van der Waals surface area contributed by atoms with Gasteiger partial charge in [-0.05, 0) is 69.3 Å².